The number of aryl methyl sites for hydroxylation is 1. The molecule has 1 aromatic carbocycles. The number of nitrogens with one attached hydrogen (secondary N) is 3. The Morgan fingerprint density at radius 2 is 2.11 bits per heavy atom. The standard InChI is InChI=1S/C13H18ClN3O/c14-12-11(9-16-17-13(12)18)15-8-4-7-10-5-2-1-3-6-10/h1-3,5-6,11-12,15-16H,4,7-9H2,(H,17,18). The molecule has 0 aromatic heterocycles. The van der Waals surface area contributed by atoms with E-state index < -0.39 is 5.38 Å². The predicted octanol–water partition coefficient (Wildman–Crippen LogP) is 0.819. The van der Waals surface area contributed by atoms with E-state index in [1.165, 1.54) is 5.56 Å². The van der Waals surface area contributed by atoms with Crippen LogP contribution < -0.4 is 16.2 Å². The van der Waals surface area contributed by atoms with E-state index in [1.807, 2.05) is 18.2 Å². The fraction of sp³-hybridized carbons (Fsp3) is 0.462. The Bertz CT molecular complexity index is 385. The van der Waals surface area contributed by atoms with Crippen molar-refractivity contribution < 1.29 is 4.79 Å². The lowest BCUT2D eigenvalue weighted by atomic mass is 10.1. The second kappa shape index (κ2) is 6.73. The fourth-order valence-electron chi connectivity index (χ4n) is 2.00. The van der Waals surface area contributed by atoms with Crippen molar-refractivity contribution in [2.45, 2.75) is 24.3 Å². The van der Waals surface area contributed by atoms with Gasteiger partial charge in [0.2, 0.25) is 0 Å². The highest BCUT2D eigenvalue weighted by atomic mass is 35.5. The summed E-state index contributed by atoms with van der Waals surface area (Å²) in [6.07, 6.45) is 2.07. The normalized spacial score (nSPS) is 23.7. The maximum atomic E-state index is 11.3. The van der Waals surface area contributed by atoms with Crippen LogP contribution in [-0.2, 0) is 11.2 Å². The van der Waals surface area contributed by atoms with Gasteiger partial charge in [-0.15, -0.1) is 11.6 Å². The van der Waals surface area contributed by atoms with E-state index in [4.69, 9.17) is 11.6 Å². The number of amides is 1. The van der Waals surface area contributed by atoms with Gasteiger partial charge in [-0.3, -0.25) is 10.2 Å². The van der Waals surface area contributed by atoms with Gasteiger partial charge in [-0.25, -0.2) is 5.43 Å². The Balaban J connectivity index is 1.67. The Kier molecular flexibility index (Phi) is 4.99. The van der Waals surface area contributed by atoms with Crippen LogP contribution in [0.4, 0.5) is 0 Å². The number of carbonyl (C=O) groups is 1. The van der Waals surface area contributed by atoms with Gasteiger partial charge in [0.05, 0.1) is 0 Å². The number of carbonyl (C=O) groups excluding carboxylic acids is 1. The van der Waals surface area contributed by atoms with Crippen molar-refractivity contribution in [3.63, 3.8) is 0 Å². The minimum atomic E-state index is -0.497. The van der Waals surface area contributed by atoms with Crippen LogP contribution in [0.1, 0.15) is 12.0 Å². The highest BCUT2D eigenvalue weighted by Gasteiger charge is 2.29. The molecule has 1 saturated heterocycles. The van der Waals surface area contributed by atoms with Gasteiger partial charge < -0.3 is 5.32 Å². The molecular formula is C13H18ClN3O. The summed E-state index contributed by atoms with van der Waals surface area (Å²) < 4.78 is 0. The molecule has 0 saturated carbocycles. The Morgan fingerprint density at radius 1 is 1.33 bits per heavy atom. The van der Waals surface area contributed by atoms with E-state index in [2.05, 4.69) is 28.3 Å². The van der Waals surface area contributed by atoms with E-state index in [1.54, 1.807) is 0 Å². The summed E-state index contributed by atoms with van der Waals surface area (Å²) in [6, 6.07) is 10.4. The third kappa shape index (κ3) is 3.70. The molecule has 0 radical (unpaired) electrons. The molecule has 1 aromatic rings. The molecular weight excluding hydrogens is 250 g/mol. The molecule has 2 atom stereocenters. The van der Waals surface area contributed by atoms with Crippen molar-refractivity contribution in [1.82, 2.24) is 16.2 Å². The molecule has 1 heterocycles. The maximum Gasteiger partial charge on any atom is 0.253 e. The summed E-state index contributed by atoms with van der Waals surface area (Å²) in [5.74, 6) is -0.163. The zero-order valence-electron chi connectivity index (χ0n) is 10.2. The summed E-state index contributed by atoms with van der Waals surface area (Å²) in [5.41, 5.74) is 6.68. The fourth-order valence-corrected chi connectivity index (χ4v) is 2.24. The molecule has 1 amide bonds. The zero-order chi connectivity index (χ0) is 12.8. The van der Waals surface area contributed by atoms with Gasteiger partial charge in [0.15, 0.2) is 0 Å². The van der Waals surface area contributed by atoms with Crippen LogP contribution in [0.2, 0.25) is 0 Å². The quantitative estimate of drug-likeness (QED) is 0.547. The average Bonchev–Trinajstić information content (AvgIpc) is 2.40. The summed E-state index contributed by atoms with van der Waals surface area (Å²) in [6.45, 7) is 1.52. The summed E-state index contributed by atoms with van der Waals surface area (Å²) in [4.78, 5) is 11.3. The molecule has 0 spiro atoms. The van der Waals surface area contributed by atoms with Gasteiger partial charge in [0.25, 0.3) is 5.91 Å². The Labute approximate surface area is 112 Å². The molecule has 1 aliphatic rings. The van der Waals surface area contributed by atoms with Crippen LogP contribution in [-0.4, -0.2) is 30.4 Å². The monoisotopic (exact) mass is 267 g/mol. The zero-order valence-corrected chi connectivity index (χ0v) is 10.9. The third-order valence-corrected chi connectivity index (χ3v) is 3.53. The number of alkyl halides is 1. The average molecular weight is 268 g/mol. The molecule has 2 unspecified atom stereocenters. The van der Waals surface area contributed by atoms with Crippen molar-refractivity contribution in [3.8, 4) is 0 Å². The van der Waals surface area contributed by atoms with Crippen LogP contribution in [0, 0.1) is 0 Å². The predicted molar refractivity (Wildman–Crippen MR) is 72.3 cm³/mol. The van der Waals surface area contributed by atoms with Gasteiger partial charge in [0, 0.05) is 12.6 Å². The smallest absolute Gasteiger partial charge is 0.253 e. The largest absolute Gasteiger partial charge is 0.311 e. The van der Waals surface area contributed by atoms with E-state index in [-0.39, 0.29) is 11.9 Å². The van der Waals surface area contributed by atoms with E-state index >= 15 is 0 Å². The lowest BCUT2D eigenvalue weighted by Gasteiger charge is -2.28. The first-order valence-electron chi connectivity index (χ1n) is 6.21. The molecule has 2 rings (SSSR count). The number of halogens is 1. The first-order chi connectivity index (χ1) is 8.77. The molecule has 4 nitrogen and oxygen atoms in total. The Hall–Kier alpha value is -1.10. The van der Waals surface area contributed by atoms with Crippen LogP contribution in [0.25, 0.3) is 0 Å². The lowest BCUT2D eigenvalue weighted by Crippen LogP contribution is -2.60. The van der Waals surface area contributed by atoms with E-state index in [0.29, 0.717) is 6.54 Å². The van der Waals surface area contributed by atoms with Gasteiger partial charge in [0.1, 0.15) is 5.38 Å². The molecule has 1 fully saturated rings. The van der Waals surface area contributed by atoms with Crippen molar-refractivity contribution in [3.05, 3.63) is 35.9 Å². The van der Waals surface area contributed by atoms with Crippen molar-refractivity contribution >= 4 is 17.5 Å². The van der Waals surface area contributed by atoms with Crippen LogP contribution in [0.3, 0.4) is 0 Å². The molecule has 98 valence electrons. The minimum absolute atomic E-state index is 0.00353. The number of hydrogen-bond donors (Lipinski definition) is 3. The maximum absolute atomic E-state index is 11.3. The second-order valence-corrected chi connectivity index (χ2v) is 4.89. The van der Waals surface area contributed by atoms with E-state index in [0.717, 1.165) is 19.4 Å². The minimum Gasteiger partial charge on any atom is -0.311 e. The van der Waals surface area contributed by atoms with Gasteiger partial charge in [-0.1, -0.05) is 30.3 Å². The van der Waals surface area contributed by atoms with Crippen LogP contribution in [0.15, 0.2) is 30.3 Å². The second-order valence-electron chi connectivity index (χ2n) is 4.42. The molecule has 1 aliphatic heterocycles. The Morgan fingerprint density at radius 3 is 2.89 bits per heavy atom. The number of hydrogen-bond acceptors (Lipinski definition) is 3. The summed E-state index contributed by atoms with van der Waals surface area (Å²) in [7, 11) is 0. The van der Waals surface area contributed by atoms with Crippen molar-refractivity contribution in [2.75, 3.05) is 13.1 Å². The van der Waals surface area contributed by atoms with Gasteiger partial charge in [-0.2, -0.15) is 0 Å². The highest BCUT2D eigenvalue weighted by Crippen LogP contribution is 2.06. The number of hydrazine groups is 1. The molecule has 0 aliphatic carbocycles. The van der Waals surface area contributed by atoms with Crippen LogP contribution >= 0.6 is 11.6 Å². The number of benzene rings is 1. The lowest BCUT2D eigenvalue weighted by molar-refractivity contribution is -0.123. The van der Waals surface area contributed by atoms with Crippen molar-refractivity contribution in [2.24, 2.45) is 0 Å². The first kappa shape index (κ1) is 13.3. The van der Waals surface area contributed by atoms with E-state index in [9.17, 15) is 4.79 Å². The molecule has 0 bridgehead atoms. The first-order valence-corrected chi connectivity index (χ1v) is 6.65. The van der Waals surface area contributed by atoms with Gasteiger partial charge in [-0.05, 0) is 24.9 Å². The SMILES string of the molecule is O=C1NNCC(NCCCc2ccccc2)C1Cl. The number of rotatable bonds is 5. The molecule has 5 heteroatoms. The summed E-state index contributed by atoms with van der Waals surface area (Å²) >= 11 is 6.01. The molecule has 18 heavy (non-hydrogen) atoms. The topological polar surface area (TPSA) is 53.2 Å². The van der Waals surface area contributed by atoms with Crippen LogP contribution in [0.5, 0.6) is 0 Å². The van der Waals surface area contributed by atoms with Crippen molar-refractivity contribution in [1.29, 1.82) is 0 Å². The van der Waals surface area contributed by atoms with Gasteiger partial charge >= 0.3 is 0 Å². The highest BCUT2D eigenvalue weighted by molar-refractivity contribution is 6.31. The molecule has 3 N–H and O–H groups in total. The summed E-state index contributed by atoms with van der Waals surface area (Å²) in [5, 5.41) is 2.82. The third-order valence-electron chi connectivity index (χ3n) is 3.03.